The van der Waals surface area contributed by atoms with Crippen LogP contribution in [0.15, 0.2) is 40.8 Å². The molecule has 0 bridgehead atoms. The van der Waals surface area contributed by atoms with Crippen LogP contribution in [0.25, 0.3) is 11.5 Å². The second kappa shape index (κ2) is 11.5. The number of benzene rings is 2. The Balaban J connectivity index is 0.00000176. The molecule has 4 rings (SSSR count). The molecule has 3 N–H and O–H groups in total. The smallest absolute Gasteiger partial charge is 0.273 e. The summed E-state index contributed by atoms with van der Waals surface area (Å²) in [6.45, 7) is 7.82. The molecule has 0 radical (unpaired) electrons. The third-order valence-electron chi connectivity index (χ3n) is 5.46. The molecule has 36 heavy (non-hydrogen) atoms. The molecular weight excluding hydrogens is 468 g/mol. The zero-order valence-corrected chi connectivity index (χ0v) is 21.3. The lowest BCUT2D eigenvalue weighted by molar-refractivity contribution is 0.0942. The van der Waals surface area contributed by atoms with Gasteiger partial charge in [0.05, 0.1) is 19.3 Å². The predicted octanol–water partition coefficient (Wildman–Crippen LogP) is 5.57. The summed E-state index contributed by atoms with van der Waals surface area (Å²) >= 11 is 0. The van der Waals surface area contributed by atoms with Gasteiger partial charge in [-0.15, -0.1) is 0 Å². The van der Waals surface area contributed by atoms with Gasteiger partial charge in [0, 0.05) is 23.7 Å². The van der Waals surface area contributed by atoms with Crippen LogP contribution in [0.1, 0.15) is 62.3 Å². The molecule has 194 valence electrons. The molecule has 1 aliphatic rings. The lowest BCUT2D eigenvalue weighted by Crippen LogP contribution is -2.33. The standard InChI is InChI=1S/C25H27F2N3O4.C2H6/c1-25(2,28)22-21(23(31)29-12-16-6-8-17(26)11-18(16)27)30-24(34-22)15-7-9-19(32-3)20(10-15)33-13-14-4-5-14;1-2/h6-11,14H,4-5,12-13,28H2,1-3H3,(H,29,31);1-2H3. The van der Waals surface area contributed by atoms with Gasteiger partial charge in [0.1, 0.15) is 11.6 Å². The highest BCUT2D eigenvalue weighted by molar-refractivity contribution is 5.94. The van der Waals surface area contributed by atoms with E-state index in [-0.39, 0.29) is 29.5 Å². The SMILES string of the molecule is CC.COc1ccc(-c2nc(C(=O)NCc3ccc(F)cc3F)c(C(C)(C)N)o2)cc1OCC1CC1. The van der Waals surface area contributed by atoms with Crippen molar-refractivity contribution in [2.75, 3.05) is 13.7 Å². The largest absolute Gasteiger partial charge is 0.493 e. The van der Waals surface area contributed by atoms with E-state index in [2.05, 4.69) is 10.3 Å². The number of ether oxygens (including phenoxy) is 2. The van der Waals surface area contributed by atoms with Crippen molar-refractivity contribution in [3.63, 3.8) is 0 Å². The average Bonchev–Trinajstić information content (AvgIpc) is 3.57. The van der Waals surface area contributed by atoms with Gasteiger partial charge in [-0.2, -0.15) is 0 Å². The first-order valence-electron chi connectivity index (χ1n) is 12.0. The minimum atomic E-state index is -1.02. The molecule has 0 unspecified atom stereocenters. The molecule has 1 saturated carbocycles. The number of hydrogen-bond donors (Lipinski definition) is 2. The Bertz CT molecular complexity index is 1200. The van der Waals surface area contributed by atoms with E-state index in [0.29, 0.717) is 29.6 Å². The van der Waals surface area contributed by atoms with Crippen LogP contribution < -0.4 is 20.5 Å². The van der Waals surface area contributed by atoms with Crippen molar-refractivity contribution in [3.05, 3.63) is 65.1 Å². The first-order valence-corrected chi connectivity index (χ1v) is 12.0. The van der Waals surface area contributed by atoms with E-state index in [1.807, 2.05) is 13.8 Å². The Hall–Kier alpha value is -3.46. The summed E-state index contributed by atoms with van der Waals surface area (Å²) in [5.74, 6) is 0.0118. The molecule has 0 spiro atoms. The van der Waals surface area contributed by atoms with Gasteiger partial charge < -0.3 is 24.9 Å². The number of nitrogens with one attached hydrogen (secondary N) is 1. The van der Waals surface area contributed by atoms with Crippen LogP contribution in [0, 0.1) is 17.6 Å². The average molecular weight is 502 g/mol. The minimum Gasteiger partial charge on any atom is -0.493 e. The Kier molecular flexibility index (Phi) is 8.68. The van der Waals surface area contributed by atoms with Gasteiger partial charge >= 0.3 is 0 Å². The van der Waals surface area contributed by atoms with Crippen LogP contribution >= 0.6 is 0 Å². The number of rotatable bonds is 9. The van der Waals surface area contributed by atoms with E-state index < -0.39 is 23.1 Å². The lowest BCUT2D eigenvalue weighted by atomic mass is 10.0. The maximum Gasteiger partial charge on any atom is 0.273 e. The van der Waals surface area contributed by atoms with Gasteiger partial charge in [-0.3, -0.25) is 4.79 Å². The van der Waals surface area contributed by atoms with Crippen molar-refractivity contribution in [2.24, 2.45) is 11.7 Å². The Morgan fingerprint density at radius 2 is 1.89 bits per heavy atom. The quantitative estimate of drug-likeness (QED) is 0.398. The molecule has 1 amide bonds. The molecule has 1 aromatic heterocycles. The van der Waals surface area contributed by atoms with Crippen LogP contribution in [0.3, 0.4) is 0 Å². The number of carbonyl (C=O) groups is 1. The lowest BCUT2D eigenvalue weighted by Gasteiger charge is -2.16. The topological polar surface area (TPSA) is 99.6 Å². The second-order valence-corrected chi connectivity index (χ2v) is 8.96. The fourth-order valence-corrected chi connectivity index (χ4v) is 3.37. The summed E-state index contributed by atoms with van der Waals surface area (Å²) in [6, 6.07) is 8.39. The van der Waals surface area contributed by atoms with Crippen LogP contribution in [0.4, 0.5) is 8.78 Å². The molecule has 0 atom stereocenters. The maximum absolute atomic E-state index is 13.9. The number of nitrogens with two attached hydrogens (primary N) is 1. The molecule has 2 aromatic carbocycles. The van der Waals surface area contributed by atoms with Crippen molar-refractivity contribution in [3.8, 4) is 23.0 Å². The van der Waals surface area contributed by atoms with E-state index in [0.717, 1.165) is 25.0 Å². The van der Waals surface area contributed by atoms with Crippen molar-refractivity contribution in [1.29, 1.82) is 0 Å². The van der Waals surface area contributed by atoms with Crippen molar-refractivity contribution < 1.29 is 27.5 Å². The fraction of sp³-hybridized carbons (Fsp3) is 0.407. The number of hydrogen-bond acceptors (Lipinski definition) is 6. The molecule has 3 aromatic rings. The minimum absolute atomic E-state index is 0.0127. The van der Waals surface area contributed by atoms with E-state index in [4.69, 9.17) is 19.6 Å². The summed E-state index contributed by atoms with van der Waals surface area (Å²) in [4.78, 5) is 17.3. The summed E-state index contributed by atoms with van der Waals surface area (Å²) in [5.41, 5.74) is 5.93. The monoisotopic (exact) mass is 501 g/mol. The Morgan fingerprint density at radius 3 is 2.50 bits per heavy atom. The maximum atomic E-state index is 13.9. The summed E-state index contributed by atoms with van der Waals surface area (Å²) < 4.78 is 44.3. The molecule has 7 nitrogen and oxygen atoms in total. The number of oxazole rings is 1. The Morgan fingerprint density at radius 1 is 1.17 bits per heavy atom. The van der Waals surface area contributed by atoms with Crippen molar-refractivity contribution in [1.82, 2.24) is 10.3 Å². The fourth-order valence-electron chi connectivity index (χ4n) is 3.37. The third-order valence-corrected chi connectivity index (χ3v) is 5.46. The zero-order chi connectivity index (χ0) is 26.5. The van der Waals surface area contributed by atoms with Gasteiger partial charge in [0.15, 0.2) is 23.0 Å². The van der Waals surface area contributed by atoms with Crippen molar-refractivity contribution in [2.45, 2.75) is 52.6 Å². The van der Waals surface area contributed by atoms with Crippen molar-refractivity contribution >= 4 is 5.91 Å². The molecule has 9 heteroatoms. The van der Waals surface area contributed by atoms with Gasteiger partial charge in [-0.05, 0) is 56.9 Å². The van der Waals surface area contributed by atoms with E-state index >= 15 is 0 Å². The molecule has 0 saturated heterocycles. The number of halogens is 2. The highest BCUT2D eigenvalue weighted by Crippen LogP contribution is 2.36. The summed E-state index contributed by atoms with van der Waals surface area (Å²) in [7, 11) is 1.56. The predicted molar refractivity (Wildman–Crippen MR) is 133 cm³/mol. The molecule has 0 aliphatic heterocycles. The Labute approximate surface area is 210 Å². The second-order valence-electron chi connectivity index (χ2n) is 8.96. The van der Waals surface area contributed by atoms with E-state index in [1.165, 1.54) is 6.07 Å². The van der Waals surface area contributed by atoms with E-state index in [1.54, 1.807) is 39.2 Å². The van der Waals surface area contributed by atoms with Gasteiger partial charge in [0.25, 0.3) is 5.91 Å². The van der Waals surface area contributed by atoms with Crippen LogP contribution in [-0.4, -0.2) is 24.6 Å². The van der Waals surface area contributed by atoms with Gasteiger partial charge in [-0.25, -0.2) is 13.8 Å². The molecule has 1 heterocycles. The number of aromatic nitrogens is 1. The summed E-state index contributed by atoms with van der Waals surface area (Å²) in [6.07, 6.45) is 2.30. The first kappa shape index (κ1) is 27.1. The van der Waals surface area contributed by atoms with Crippen LogP contribution in [0.2, 0.25) is 0 Å². The van der Waals surface area contributed by atoms with Crippen LogP contribution in [0.5, 0.6) is 11.5 Å². The first-order chi connectivity index (χ1) is 17.2. The van der Waals surface area contributed by atoms with E-state index in [9.17, 15) is 13.6 Å². The zero-order valence-electron chi connectivity index (χ0n) is 21.3. The summed E-state index contributed by atoms with van der Waals surface area (Å²) in [5, 5.41) is 2.60. The molecule has 1 fully saturated rings. The number of carbonyl (C=O) groups excluding carboxylic acids is 1. The number of amides is 1. The number of nitrogens with zero attached hydrogens (tertiary/aromatic N) is 1. The molecular formula is C27H33F2N3O4. The highest BCUT2D eigenvalue weighted by atomic mass is 19.1. The number of methoxy groups -OCH3 is 1. The van der Waals surface area contributed by atoms with Gasteiger partial charge in [-0.1, -0.05) is 19.9 Å². The third kappa shape index (κ3) is 6.60. The van der Waals surface area contributed by atoms with Gasteiger partial charge in [0.2, 0.25) is 5.89 Å². The van der Waals surface area contributed by atoms with Crippen LogP contribution in [-0.2, 0) is 12.1 Å². The normalized spacial score (nSPS) is 13.0. The molecule has 1 aliphatic carbocycles. The highest BCUT2D eigenvalue weighted by Gasteiger charge is 2.30.